The van der Waals surface area contributed by atoms with Gasteiger partial charge < -0.3 is 10.6 Å². The first-order chi connectivity index (χ1) is 9.52. The number of amides is 1. The molecule has 1 aromatic carbocycles. The Morgan fingerprint density at radius 2 is 2.10 bits per heavy atom. The summed E-state index contributed by atoms with van der Waals surface area (Å²) in [6.07, 6.45) is 1.02. The average molecular weight is 329 g/mol. The van der Waals surface area contributed by atoms with Gasteiger partial charge in [-0.1, -0.05) is 26.0 Å². The molecule has 5 heteroatoms. The first kappa shape index (κ1) is 18.3. The van der Waals surface area contributed by atoms with Crippen LogP contribution in [0.2, 0.25) is 0 Å². The number of hydrogen-bond donors (Lipinski definition) is 1. The Labute approximate surface area is 138 Å². The number of halogens is 1. The number of likely N-dealkylation sites (tertiary alicyclic amines) is 1. The van der Waals surface area contributed by atoms with E-state index in [2.05, 4.69) is 20.8 Å². The van der Waals surface area contributed by atoms with Gasteiger partial charge in [-0.15, -0.1) is 24.2 Å². The number of hydrogen-bond acceptors (Lipinski definition) is 3. The van der Waals surface area contributed by atoms with E-state index in [-0.39, 0.29) is 24.4 Å². The molecule has 1 heterocycles. The third-order valence-electron chi connectivity index (χ3n) is 3.74. The van der Waals surface area contributed by atoms with Gasteiger partial charge in [0.1, 0.15) is 0 Å². The van der Waals surface area contributed by atoms with Crippen molar-refractivity contribution in [2.75, 3.05) is 13.1 Å². The van der Waals surface area contributed by atoms with Gasteiger partial charge in [-0.25, -0.2) is 0 Å². The smallest absolute Gasteiger partial charge is 0.255 e. The third kappa shape index (κ3) is 4.38. The molecule has 3 nitrogen and oxygen atoms in total. The molecule has 1 fully saturated rings. The summed E-state index contributed by atoms with van der Waals surface area (Å²) >= 11 is 1.75. The lowest BCUT2D eigenvalue weighted by molar-refractivity contribution is 0.0740. The maximum Gasteiger partial charge on any atom is 0.255 e. The molecular formula is C16H25ClN2OS. The van der Waals surface area contributed by atoms with Crippen LogP contribution >= 0.6 is 24.2 Å². The highest BCUT2D eigenvalue weighted by molar-refractivity contribution is 8.00. The summed E-state index contributed by atoms with van der Waals surface area (Å²) in [6.45, 7) is 7.86. The van der Waals surface area contributed by atoms with Gasteiger partial charge in [0, 0.05) is 22.7 Å². The quantitative estimate of drug-likeness (QED) is 0.861. The lowest BCUT2D eigenvalue weighted by Gasteiger charge is -2.23. The van der Waals surface area contributed by atoms with E-state index in [1.807, 2.05) is 29.2 Å². The van der Waals surface area contributed by atoms with Gasteiger partial charge in [0.15, 0.2) is 0 Å². The highest BCUT2D eigenvalue weighted by atomic mass is 35.5. The number of carbonyl (C=O) groups is 1. The van der Waals surface area contributed by atoms with Crippen LogP contribution in [0.3, 0.4) is 0 Å². The molecule has 1 aromatic rings. The normalized spacial score (nSPS) is 21.5. The molecule has 118 valence electrons. The van der Waals surface area contributed by atoms with Crippen molar-refractivity contribution in [2.45, 2.75) is 43.4 Å². The molecule has 1 aliphatic heterocycles. The molecule has 0 spiro atoms. The number of nitrogens with zero attached hydrogens (tertiary/aromatic N) is 1. The maximum absolute atomic E-state index is 12.8. The fraction of sp³-hybridized carbons (Fsp3) is 0.562. The molecule has 0 bridgehead atoms. The molecule has 1 amide bonds. The van der Waals surface area contributed by atoms with Crippen LogP contribution in [0.5, 0.6) is 0 Å². The minimum Gasteiger partial charge on any atom is -0.336 e. The standard InChI is InChI=1S/C16H24N2OS.ClH/c1-11(2)20-15-7-5-4-6-14(15)16(19)18-10-13(9-17)8-12(18)3;/h4-7,11-13H,8-10,17H2,1-3H3;1H. The van der Waals surface area contributed by atoms with Crippen molar-refractivity contribution in [1.82, 2.24) is 4.90 Å². The van der Waals surface area contributed by atoms with Crippen molar-refractivity contribution in [1.29, 1.82) is 0 Å². The highest BCUT2D eigenvalue weighted by Gasteiger charge is 2.32. The Morgan fingerprint density at radius 3 is 2.67 bits per heavy atom. The van der Waals surface area contributed by atoms with Crippen LogP contribution in [0.1, 0.15) is 37.6 Å². The molecule has 0 aromatic heterocycles. The van der Waals surface area contributed by atoms with E-state index >= 15 is 0 Å². The number of carbonyl (C=O) groups excluding carboxylic acids is 1. The van der Waals surface area contributed by atoms with Crippen LogP contribution in [0.15, 0.2) is 29.2 Å². The second-order valence-electron chi connectivity index (χ2n) is 5.81. The number of nitrogens with two attached hydrogens (primary N) is 1. The zero-order valence-electron chi connectivity index (χ0n) is 12.9. The van der Waals surface area contributed by atoms with E-state index < -0.39 is 0 Å². The number of rotatable bonds is 4. The molecule has 0 radical (unpaired) electrons. The summed E-state index contributed by atoms with van der Waals surface area (Å²) in [7, 11) is 0. The predicted octanol–water partition coefficient (Wildman–Crippen LogP) is 3.42. The topological polar surface area (TPSA) is 46.3 Å². The Kier molecular flexibility index (Phi) is 7.04. The summed E-state index contributed by atoms with van der Waals surface area (Å²) < 4.78 is 0. The first-order valence-electron chi connectivity index (χ1n) is 7.29. The van der Waals surface area contributed by atoms with Gasteiger partial charge in [0.05, 0.1) is 5.56 Å². The summed E-state index contributed by atoms with van der Waals surface area (Å²) in [5.74, 6) is 0.594. The number of benzene rings is 1. The van der Waals surface area contributed by atoms with Crippen molar-refractivity contribution in [2.24, 2.45) is 11.7 Å². The van der Waals surface area contributed by atoms with Gasteiger partial charge in [-0.05, 0) is 37.9 Å². The van der Waals surface area contributed by atoms with E-state index in [0.717, 1.165) is 23.4 Å². The molecule has 2 unspecified atom stereocenters. The van der Waals surface area contributed by atoms with Crippen LogP contribution < -0.4 is 5.73 Å². The fourth-order valence-electron chi connectivity index (χ4n) is 2.75. The summed E-state index contributed by atoms with van der Waals surface area (Å²) in [5.41, 5.74) is 6.58. The van der Waals surface area contributed by atoms with Crippen LogP contribution in [0, 0.1) is 5.92 Å². The minimum absolute atomic E-state index is 0. The molecular weight excluding hydrogens is 304 g/mol. The minimum atomic E-state index is 0. The van der Waals surface area contributed by atoms with Crippen LogP contribution in [-0.2, 0) is 0 Å². The lowest BCUT2D eigenvalue weighted by Crippen LogP contribution is -2.34. The molecule has 1 saturated heterocycles. The Bertz CT molecular complexity index is 481. The molecule has 0 saturated carbocycles. The predicted molar refractivity (Wildman–Crippen MR) is 92.3 cm³/mol. The molecule has 0 aliphatic carbocycles. The molecule has 2 N–H and O–H groups in total. The van der Waals surface area contributed by atoms with Crippen molar-refractivity contribution >= 4 is 30.1 Å². The monoisotopic (exact) mass is 328 g/mol. The molecule has 2 rings (SSSR count). The summed E-state index contributed by atoms with van der Waals surface area (Å²) in [6, 6.07) is 8.21. The Balaban J connectivity index is 0.00000220. The van der Waals surface area contributed by atoms with Gasteiger partial charge >= 0.3 is 0 Å². The lowest BCUT2D eigenvalue weighted by atomic mass is 10.1. The second-order valence-corrected chi connectivity index (χ2v) is 7.43. The molecule has 1 aliphatic rings. The van der Waals surface area contributed by atoms with Crippen molar-refractivity contribution in [3.05, 3.63) is 29.8 Å². The van der Waals surface area contributed by atoms with Crippen molar-refractivity contribution in [3.8, 4) is 0 Å². The Morgan fingerprint density at radius 1 is 1.43 bits per heavy atom. The van der Waals surface area contributed by atoms with E-state index in [4.69, 9.17) is 5.73 Å². The zero-order chi connectivity index (χ0) is 14.7. The maximum atomic E-state index is 12.8. The number of thioether (sulfide) groups is 1. The van der Waals surface area contributed by atoms with Gasteiger partial charge in [-0.3, -0.25) is 4.79 Å². The van der Waals surface area contributed by atoms with E-state index in [1.165, 1.54) is 0 Å². The van der Waals surface area contributed by atoms with Gasteiger partial charge in [0.2, 0.25) is 0 Å². The fourth-order valence-corrected chi connectivity index (χ4v) is 3.70. The van der Waals surface area contributed by atoms with E-state index in [1.54, 1.807) is 11.8 Å². The zero-order valence-corrected chi connectivity index (χ0v) is 14.5. The molecule has 2 atom stereocenters. The van der Waals surface area contributed by atoms with Gasteiger partial charge in [-0.2, -0.15) is 0 Å². The molecule has 21 heavy (non-hydrogen) atoms. The van der Waals surface area contributed by atoms with Crippen LogP contribution in [0.25, 0.3) is 0 Å². The van der Waals surface area contributed by atoms with Crippen molar-refractivity contribution < 1.29 is 4.79 Å². The van der Waals surface area contributed by atoms with Crippen LogP contribution in [-0.4, -0.2) is 35.2 Å². The third-order valence-corrected chi connectivity index (χ3v) is 4.82. The summed E-state index contributed by atoms with van der Waals surface area (Å²) in [5, 5.41) is 0.469. The Hall–Kier alpha value is -0.710. The largest absolute Gasteiger partial charge is 0.336 e. The van der Waals surface area contributed by atoms with Crippen molar-refractivity contribution in [3.63, 3.8) is 0 Å². The van der Waals surface area contributed by atoms with Crippen LogP contribution in [0.4, 0.5) is 0 Å². The van der Waals surface area contributed by atoms with E-state index in [0.29, 0.717) is 17.7 Å². The van der Waals surface area contributed by atoms with E-state index in [9.17, 15) is 4.79 Å². The SMILES string of the molecule is CC(C)Sc1ccccc1C(=O)N1CC(CN)CC1C.Cl. The average Bonchev–Trinajstić information content (AvgIpc) is 2.79. The summed E-state index contributed by atoms with van der Waals surface area (Å²) in [4.78, 5) is 15.9. The second kappa shape index (κ2) is 8.06. The first-order valence-corrected chi connectivity index (χ1v) is 8.17. The highest BCUT2D eigenvalue weighted by Crippen LogP contribution is 2.30. The van der Waals surface area contributed by atoms with Gasteiger partial charge in [0.25, 0.3) is 5.91 Å².